The molecule has 0 fully saturated rings. The molecule has 0 unspecified atom stereocenters. The molecule has 2 N–H and O–H groups in total. The maximum atomic E-state index is 9.00. The average Bonchev–Trinajstić information content (AvgIpc) is 3.05. The first kappa shape index (κ1) is 18.9. The van der Waals surface area contributed by atoms with Gasteiger partial charge in [0.25, 0.3) is 5.97 Å². The Morgan fingerprint density at radius 3 is 2.74 bits per heavy atom. The van der Waals surface area contributed by atoms with Crippen molar-refractivity contribution in [1.82, 2.24) is 29.9 Å². The Bertz CT molecular complexity index is 633. The van der Waals surface area contributed by atoms with Gasteiger partial charge in [-0.25, -0.2) is 0 Å². The number of aromatic nitrogens is 5. The van der Waals surface area contributed by atoms with Crippen molar-refractivity contribution in [3.63, 3.8) is 0 Å². The summed E-state index contributed by atoms with van der Waals surface area (Å²) in [6, 6.07) is 2.01. The van der Waals surface area contributed by atoms with E-state index >= 15 is 0 Å². The Labute approximate surface area is 139 Å². The second-order valence-corrected chi connectivity index (χ2v) is 5.52. The normalized spacial score (nSPS) is 10.0. The number of carboxylic acids is 1. The number of thioether (sulfide) groups is 1. The number of aryl methyl sites for hydroxylation is 1. The SMILES string of the molecule is C=CCn1c(CNC)nnc1SCc1ccnn1C.CC(=O)O. The van der Waals surface area contributed by atoms with Gasteiger partial charge >= 0.3 is 0 Å². The van der Waals surface area contributed by atoms with Gasteiger partial charge in [-0.3, -0.25) is 9.48 Å². The maximum Gasteiger partial charge on any atom is 0.300 e. The monoisotopic (exact) mass is 338 g/mol. The zero-order valence-corrected chi connectivity index (χ0v) is 14.4. The zero-order chi connectivity index (χ0) is 17.2. The molecule has 23 heavy (non-hydrogen) atoms. The minimum Gasteiger partial charge on any atom is -0.481 e. The molecule has 0 radical (unpaired) electrons. The lowest BCUT2D eigenvalue weighted by atomic mass is 10.5. The largest absolute Gasteiger partial charge is 0.481 e. The van der Waals surface area contributed by atoms with Crippen LogP contribution in [0.15, 0.2) is 30.1 Å². The summed E-state index contributed by atoms with van der Waals surface area (Å²) >= 11 is 1.66. The molecule has 0 aromatic carbocycles. The van der Waals surface area contributed by atoms with E-state index in [1.807, 2.05) is 30.9 Å². The van der Waals surface area contributed by atoms with E-state index < -0.39 is 5.97 Å². The predicted molar refractivity (Wildman–Crippen MR) is 89.1 cm³/mol. The summed E-state index contributed by atoms with van der Waals surface area (Å²) in [6.07, 6.45) is 3.66. The Morgan fingerprint density at radius 2 is 2.22 bits per heavy atom. The topological polar surface area (TPSA) is 97.9 Å². The maximum absolute atomic E-state index is 9.00. The first-order valence-electron chi connectivity index (χ1n) is 6.96. The fraction of sp³-hybridized carbons (Fsp3) is 0.429. The van der Waals surface area contributed by atoms with E-state index in [0.717, 1.165) is 35.9 Å². The number of aliphatic carboxylic acids is 1. The number of nitrogens with one attached hydrogen (secondary N) is 1. The van der Waals surface area contributed by atoms with Crippen LogP contribution in [0.4, 0.5) is 0 Å². The van der Waals surface area contributed by atoms with Crippen LogP contribution < -0.4 is 5.32 Å². The molecule has 2 rings (SSSR count). The smallest absolute Gasteiger partial charge is 0.300 e. The van der Waals surface area contributed by atoms with Crippen LogP contribution in [0.1, 0.15) is 18.4 Å². The highest BCUT2D eigenvalue weighted by atomic mass is 32.2. The number of carbonyl (C=O) groups is 1. The molecule has 0 aliphatic rings. The van der Waals surface area contributed by atoms with Gasteiger partial charge < -0.3 is 15.0 Å². The van der Waals surface area contributed by atoms with Crippen molar-refractivity contribution >= 4 is 17.7 Å². The van der Waals surface area contributed by atoms with Crippen LogP contribution >= 0.6 is 11.8 Å². The predicted octanol–water partition coefficient (Wildman–Crippen LogP) is 1.30. The summed E-state index contributed by atoms with van der Waals surface area (Å²) in [6.45, 7) is 6.29. The Morgan fingerprint density at radius 1 is 1.52 bits per heavy atom. The van der Waals surface area contributed by atoms with Crippen molar-refractivity contribution < 1.29 is 9.90 Å². The third kappa shape index (κ3) is 6.25. The van der Waals surface area contributed by atoms with Crippen LogP contribution in [0, 0.1) is 0 Å². The summed E-state index contributed by atoms with van der Waals surface area (Å²) < 4.78 is 3.94. The first-order valence-corrected chi connectivity index (χ1v) is 7.94. The fourth-order valence-electron chi connectivity index (χ4n) is 1.71. The van der Waals surface area contributed by atoms with Gasteiger partial charge in [0.15, 0.2) is 5.16 Å². The molecule has 2 aromatic rings. The molecule has 2 aromatic heterocycles. The molecule has 9 heteroatoms. The van der Waals surface area contributed by atoms with Gasteiger partial charge in [0, 0.05) is 38.2 Å². The lowest BCUT2D eigenvalue weighted by Crippen LogP contribution is -2.12. The van der Waals surface area contributed by atoms with E-state index in [-0.39, 0.29) is 0 Å². The minimum atomic E-state index is -0.833. The van der Waals surface area contributed by atoms with Crippen LogP contribution in [0.2, 0.25) is 0 Å². The van der Waals surface area contributed by atoms with Gasteiger partial charge in [0.1, 0.15) is 5.82 Å². The summed E-state index contributed by atoms with van der Waals surface area (Å²) in [5.41, 5.74) is 1.16. The summed E-state index contributed by atoms with van der Waals surface area (Å²) in [4.78, 5) is 9.00. The number of hydrogen-bond donors (Lipinski definition) is 2. The molecule has 0 saturated heterocycles. The highest BCUT2D eigenvalue weighted by Crippen LogP contribution is 2.21. The van der Waals surface area contributed by atoms with Crippen LogP contribution in [0.3, 0.4) is 0 Å². The zero-order valence-electron chi connectivity index (χ0n) is 13.6. The van der Waals surface area contributed by atoms with Gasteiger partial charge in [-0.2, -0.15) is 5.10 Å². The van der Waals surface area contributed by atoms with Crippen molar-refractivity contribution in [2.75, 3.05) is 7.05 Å². The number of allylic oxidation sites excluding steroid dienone is 1. The van der Waals surface area contributed by atoms with Crippen molar-refractivity contribution in [2.24, 2.45) is 7.05 Å². The average molecular weight is 338 g/mol. The molecule has 2 heterocycles. The van der Waals surface area contributed by atoms with Crippen molar-refractivity contribution in [2.45, 2.75) is 30.9 Å². The third-order valence-electron chi connectivity index (χ3n) is 2.71. The molecule has 0 atom stereocenters. The molecule has 0 bridgehead atoms. The van der Waals surface area contributed by atoms with Gasteiger partial charge in [-0.05, 0) is 13.1 Å². The summed E-state index contributed by atoms with van der Waals surface area (Å²) in [7, 11) is 3.84. The van der Waals surface area contributed by atoms with Crippen LogP contribution in [0.25, 0.3) is 0 Å². The molecule has 0 aliphatic heterocycles. The van der Waals surface area contributed by atoms with E-state index in [9.17, 15) is 0 Å². The standard InChI is InChI=1S/C12H18N6S.C2H4O2/c1-4-7-18-11(8-13-2)15-16-12(18)19-9-10-5-6-14-17(10)3;1-2(3)4/h4-6,13H,1,7-9H2,2-3H3;1H3,(H,3,4). The summed E-state index contributed by atoms with van der Waals surface area (Å²) in [5.74, 6) is 0.917. The lowest BCUT2D eigenvalue weighted by molar-refractivity contribution is -0.134. The quantitative estimate of drug-likeness (QED) is 0.580. The molecule has 8 nitrogen and oxygen atoms in total. The van der Waals surface area contributed by atoms with E-state index in [1.54, 1.807) is 18.0 Å². The number of nitrogens with zero attached hydrogens (tertiary/aromatic N) is 5. The Balaban J connectivity index is 0.000000593. The second kappa shape index (κ2) is 9.80. The van der Waals surface area contributed by atoms with E-state index in [4.69, 9.17) is 9.90 Å². The third-order valence-corrected chi connectivity index (χ3v) is 3.71. The second-order valence-electron chi connectivity index (χ2n) is 4.58. The minimum absolute atomic E-state index is 0.701. The van der Waals surface area contributed by atoms with Crippen LogP contribution in [0.5, 0.6) is 0 Å². The van der Waals surface area contributed by atoms with E-state index in [2.05, 4.69) is 31.8 Å². The van der Waals surface area contributed by atoms with Crippen molar-refractivity contribution in [1.29, 1.82) is 0 Å². The van der Waals surface area contributed by atoms with Crippen molar-refractivity contribution in [3.8, 4) is 0 Å². The Kier molecular flexibility index (Phi) is 8.06. The molecule has 0 amide bonds. The highest BCUT2D eigenvalue weighted by molar-refractivity contribution is 7.98. The fourth-order valence-corrected chi connectivity index (χ4v) is 2.70. The molecular weight excluding hydrogens is 316 g/mol. The molecule has 126 valence electrons. The molecule has 0 spiro atoms. The van der Waals surface area contributed by atoms with Crippen LogP contribution in [-0.4, -0.2) is 42.7 Å². The van der Waals surface area contributed by atoms with Crippen molar-refractivity contribution in [3.05, 3.63) is 36.4 Å². The molecule has 0 saturated carbocycles. The number of carboxylic acid groups (broad SMARTS) is 1. The van der Waals surface area contributed by atoms with Gasteiger partial charge in [0.05, 0.1) is 6.54 Å². The van der Waals surface area contributed by atoms with E-state index in [0.29, 0.717) is 6.54 Å². The molecule has 0 aliphatic carbocycles. The summed E-state index contributed by atoms with van der Waals surface area (Å²) in [5, 5.41) is 24.0. The van der Waals surface area contributed by atoms with Crippen LogP contribution in [-0.2, 0) is 30.7 Å². The van der Waals surface area contributed by atoms with Gasteiger partial charge in [-0.1, -0.05) is 17.8 Å². The first-order chi connectivity index (χ1) is 11.0. The molecular formula is C14H22N6O2S. The van der Waals surface area contributed by atoms with Gasteiger partial charge in [0.2, 0.25) is 0 Å². The highest BCUT2D eigenvalue weighted by Gasteiger charge is 2.11. The van der Waals surface area contributed by atoms with E-state index in [1.165, 1.54) is 0 Å². The number of hydrogen-bond acceptors (Lipinski definition) is 6. The lowest BCUT2D eigenvalue weighted by Gasteiger charge is -2.07. The van der Waals surface area contributed by atoms with Gasteiger partial charge in [-0.15, -0.1) is 16.8 Å². The Hall–Kier alpha value is -2.13. The number of rotatable bonds is 7.